The molecule has 0 spiro atoms. The zero-order chi connectivity index (χ0) is 37.5. The second-order valence-corrected chi connectivity index (χ2v) is 14.8. The molecular formula is C34H63N5O9. The Morgan fingerprint density at radius 3 is 1.29 bits per heavy atom. The third kappa shape index (κ3) is 17.8. The van der Waals surface area contributed by atoms with Crippen LogP contribution in [0, 0.1) is 29.6 Å². The summed E-state index contributed by atoms with van der Waals surface area (Å²) in [5.74, 6) is -4.25. The summed E-state index contributed by atoms with van der Waals surface area (Å²) in [7, 11) is 0. The lowest BCUT2D eigenvalue weighted by Gasteiger charge is -2.31. The fraction of sp³-hybridized carbons (Fsp3) is 0.824. The molecule has 0 aliphatic rings. The zero-order valence-electron chi connectivity index (χ0n) is 30.8. The van der Waals surface area contributed by atoms with Crippen LogP contribution in [0.25, 0.3) is 0 Å². The Morgan fingerprint density at radius 1 is 0.479 bits per heavy atom. The van der Waals surface area contributed by atoms with Crippen molar-refractivity contribution in [2.24, 2.45) is 29.6 Å². The van der Waals surface area contributed by atoms with Gasteiger partial charge in [0.1, 0.15) is 18.1 Å². The quantitative estimate of drug-likeness (QED) is 0.0825. The Kier molecular flexibility index (Phi) is 20.2. The molecule has 0 saturated carbocycles. The van der Waals surface area contributed by atoms with Crippen LogP contribution in [0.3, 0.4) is 0 Å². The molecule has 0 saturated heterocycles. The molecule has 0 aromatic carbocycles. The molecule has 278 valence electrons. The van der Waals surface area contributed by atoms with Gasteiger partial charge in [-0.2, -0.15) is 0 Å². The van der Waals surface area contributed by atoms with Gasteiger partial charge in [0.2, 0.25) is 29.5 Å². The van der Waals surface area contributed by atoms with Crippen LogP contribution in [0.2, 0.25) is 0 Å². The second kappa shape index (κ2) is 21.7. The molecule has 0 rings (SSSR count). The highest BCUT2D eigenvalue weighted by Gasteiger charge is 2.34. The first-order valence-electron chi connectivity index (χ1n) is 17.1. The molecule has 8 N–H and O–H groups in total. The van der Waals surface area contributed by atoms with Gasteiger partial charge in [-0.05, 0) is 49.4 Å². The molecule has 0 aromatic heterocycles. The number of carbonyl (C=O) groups excluding carboxylic acids is 5. The molecule has 0 fully saturated rings. The van der Waals surface area contributed by atoms with Crippen molar-refractivity contribution in [1.82, 2.24) is 26.6 Å². The average Bonchev–Trinajstić information content (AvgIpc) is 2.91. The number of hydrogen-bond donors (Lipinski definition) is 8. The van der Waals surface area contributed by atoms with E-state index in [0.717, 1.165) is 0 Å². The smallest absolute Gasteiger partial charge is 0.306 e. The minimum atomic E-state index is -1.33. The summed E-state index contributed by atoms with van der Waals surface area (Å²) in [5, 5.41) is 43.9. The van der Waals surface area contributed by atoms with Crippen molar-refractivity contribution in [1.29, 1.82) is 0 Å². The lowest BCUT2D eigenvalue weighted by Crippen LogP contribution is -2.59. The standard InChI is InChI=1S/C34H63N5O9/c1-17(2)12-23(37-33(47)31(21(9)10)39-34(48)30(20(7)8)38-27(42)14-19(5)6)25(40)15-28(43)35-22(11)32(46)36-24(13-18(3)4)26(41)16-29(44)45/h17-26,30-31,40-41H,12-16H2,1-11H3,(H,35,43)(H,36,46)(H,37,47)(H,38,42)(H,39,48)(H,44,45)/t22-,23-,24-,25?,26-,30-,31-/m0/s1. The summed E-state index contributed by atoms with van der Waals surface area (Å²) in [6.07, 6.45) is -2.76. The number of carboxylic acid groups (broad SMARTS) is 1. The van der Waals surface area contributed by atoms with Gasteiger partial charge in [-0.25, -0.2) is 0 Å². The van der Waals surface area contributed by atoms with E-state index in [0.29, 0.717) is 12.8 Å². The number of aliphatic hydroxyl groups is 2. The van der Waals surface area contributed by atoms with E-state index in [4.69, 9.17) is 5.11 Å². The summed E-state index contributed by atoms with van der Waals surface area (Å²) in [4.78, 5) is 75.9. The Morgan fingerprint density at radius 2 is 0.875 bits per heavy atom. The van der Waals surface area contributed by atoms with Gasteiger partial charge in [-0.1, -0.05) is 69.2 Å². The number of amides is 5. The van der Waals surface area contributed by atoms with Crippen molar-refractivity contribution >= 4 is 35.5 Å². The van der Waals surface area contributed by atoms with E-state index in [1.54, 1.807) is 27.7 Å². The topological polar surface area (TPSA) is 223 Å². The van der Waals surface area contributed by atoms with Gasteiger partial charge in [0.05, 0.1) is 37.1 Å². The Labute approximate surface area is 286 Å². The number of hydrogen-bond acceptors (Lipinski definition) is 8. The van der Waals surface area contributed by atoms with Crippen molar-refractivity contribution in [3.05, 3.63) is 0 Å². The van der Waals surface area contributed by atoms with Crippen LogP contribution in [-0.4, -0.2) is 93.2 Å². The Hall–Kier alpha value is -3.26. The summed E-state index contributed by atoms with van der Waals surface area (Å²) >= 11 is 0. The van der Waals surface area contributed by atoms with Crippen LogP contribution in [0.1, 0.15) is 108 Å². The van der Waals surface area contributed by atoms with Crippen LogP contribution >= 0.6 is 0 Å². The molecule has 14 heteroatoms. The molecular weight excluding hydrogens is 622 g/mol. The van der Waals surface area contributed by atoms with Crippen molar-refractivity contribution in [3.63, 3.8) is 0 Å². The van der Waals surface area contributed by atoms with E-state index >= 15 is 0 Å². The highest BCUT2D eigenvalue weighted by molar-refractivity contribution is 5.92. The molecule has 0 aliphatic carbocycles. The highest BCUT2D eigenvalue weighted by Crippen LogP contribution is 2.15. The van der Waals surface area contributed by atoms with E-state index in [-0.39, 0.29) is 41.9 Å². The maximum absolute atomic E-state index is 13.5. The van der Waals surface area contributed by atoms with Gasteiger partial charge in [0.15, 0.2) is 0 Å². The minimum absolute atomic E-state index is 0.0152. The molecule has 5 amide bonds. The van der Waals surface area contributed by atoms with Crippen LogP contribution in [0.15, 0.2) is 0 Å². The third-order valence-corrected chi connectivity index (χ3v) is 7.69. The number of aliphatic carboxylic acids is 1. The Bertz CT molecular complexity index is 1060. The van der Waals surface area contributed by atoms with E-state index in [1.165, 1.54) is 6.92 Å². The predicted molar refractivity (Wildman–Crippen MR) is 182 cm³/mol. The molecule has 0 bridgehead atoms. The van der Waals surface area contributed by atoms with Crippen LogP contribution in [0.5, 0.6) is 0 Å². The maximum Gasteiger partial charge on any atom is 0.306 e. The van der Waals surface area contributed by atoms with E-state index in [1.807, 2.05) is 41.5 Å². The largest absolute Gasteiger partial charge is 0.481 e. The number of rotatable bonds is 22. The number of carbonyl (C=O) groups is 6. The van der Waals surface area contributed by atoms with Crippen molar-refractivity contribution < 1.29 is 44.1 Å². The van der Waals surface area contributed by atoms with Crippen molar-refractivity contribution in [2.45, 2.75) is 151 Å². The number of carboxylic acids is 1. The monoisotopic (exact) mass is 685 g/mol. The third-order valence-electron chi connectivity index (χ3n) is 7.69. The second-order valence-electron chi connectivity index (χ2n) is 14.8. The van der Waals surface area contributed by atoms with Gasteiger partial charge in [-0.3, -0.25) is 28.8 Å². The van der Waals surface area contributed by atoms with Gasteiger partial charge in [0.25, 0.3) is 0 Å². The summed E-state index contributed by atoms with van der Waals surface area (Å²) in [5.41, 5.74) is 0. The molecule has 1 unspecified atom stereocenters. The maximum atomic E-state index is 13.5. The fourth-order valence-corrected chi connectivity index (χ4v) is 5.16. The van der Waals surface area contributed by atoms with E-state index in [9.17, 15) is 39.0 Å². The predicted octanol–water partition coefficient (Wildman–Crippen LogP) is 1.47. The molecule has 0 heterocycles. The van der Waals surface area contributed by atoms with Gasteiger partial charge >= 0.3 is 5.97 Å². The average molecular weight is 686 g/mol. The molecule has 0 radical (unpaired) electrons. The first-order chi connectivity index (χ1) is 22.0. The summed E-state index contributed by atoms with van der Waals surface area (Å²) in [6, 6.07) is -4.61. The van der Waals surface area contributed by atoms with Gasteiger partial charge < -0.3 is 41.9 Å². The number of aliphatic hydroxyl groups excluding tert-OH is 2. The molecule has 14 nitrogen and oxygen atoms in total. The van der Waals surface area contributed by atoms with Gasteiger partial charge in [-0.15, -0.1) is 0 Å². The normalized spacial score (nSPS) is 16.1. The highest BCUT2D eigenvalue weighted by atomic mass is 16.4. The first-order valence-corrected chi connectivity index (χ1v) is 17.1. The minimum Gasteiger partial charge on any atom is -0.481 e. The van der Waals surface area contributed by atoms with Crippen LogP contribution in [0.4, 0.5) is 0 Å². The first kappa shape index (κ1) is 44.7. The summed E-state index contributed by atoms with van der Waals surface area (Å²) in [6.45, 7) is 19.8. The SMILES string of the molecule is CC(C)CC(=O)N[C@H](C(=O)N[C@H](C(=O)N[C@@H](CC(C)C)C(O)CC(=O)N[C@@H](C)C(=O)N[C@@H](CC(C)C)[C@@H](O)CC(=O)O)C(C)C)C(C)C. The lowest BCUT2D eigenvalue weighted by atomic mass is 9.95. The summed E-state index contributed by atoms with van der Waals surface area (Å²) < 4.78 is 0. The molecule has 0 aliphatic heterocycles. The van der Waals surface area contributed by atoms with Crippen LogP contribution < -0.4 is 26.6 Å². The Balaban J connectivity index is 5.60. The zero-order valence-corrected chi connectivity index (χ0v) is 30.8. The van der Waals surface area contributed by atoms with E-state index in [2.05, 4.69) is 26.6 Å². The molecule has 48 heavy (non-hydrogen) atoms. The number of nitrogens with one attached hydrogen (secondary N) is 5. The lowest BCUT2D eigenvalue weighted by molar-refractivity contribution is -0.140. The van der Waals surface area contributed by atoms with Crippen LogP contribution in [-0.2, 0) is 28.8 Å². The van der Waals surface area contributed by atoms with E-state index < -0.39 is 84.9 Å². The van der Waals surface area contributed by atoms with Crippen molar-refractivity contribution in [3.8, 4) is 0 Å². The molecule has 0 aromatic rings. The molecule has 7 atom stereocenters. The van der Waals surface area contributed by atoms with Crippen molar-refractivity contribution in [2.75, 3.05) is 0 Å². The van der Waals surface area contributed by atoms with Gasteiger partial charge in [0, 0.05) is 6.42 Å². The fourth-order valence-electron chi connectivity index (χ4n) is 5.16.